The Labute approximate surface area is 202 Å². The standard InChI is InChI=1S/C24H23F3N4O5/c25-24(26,27)14-2-3-17-18(9-14)30-20(29-17)13-1-4-19(28-12-13)31-7-5-15(6-8-31)36-16-10-23(11-16,21(32)33)22(34)35/h1-4,9,12,15-16H,5-8,10-11H2,(H,29,30)(H,32,33)(H,34,35). The molecule has 0 unspecified atom stereocenters. The van der Waals surface area contributed by atoms with E-state index in [9.17, 15) is 33.0 Å². The molecule has 0 bridgehead atoms. The van der Waals surface area contributed by atoms with Crippen molar-refractivity contribution in [3.8, 4) is 11.4 Å². The van der Waals surface area contributed by atoms with Crippen LogP contribution in [0.25, 0.3) is 22.4 Å². The van der Waals surface area contributed by atoms with Gasteiger partial charge in [-0.3, -0.25) is 9.59 Å². The van der Waals surface area contributed by atoms with E-state index in [0.29, 0.717) is 48.4 Å². The van der Waals surface area contributed by atoms with E-state index in [1.807, 2.05) is 6.07 Å². The molecular weight excluding hydrogens is 481 g/mol. The summed E-state index contributed by atoms with van der Waals surface area (Å²) in [5.41, 5.74) is -1.11. The summed E-state index contributed by atoms with van der Waals surface area (Å²) in [4.78, 5) is 36.5. The van der Waals surface area contributed by atoms with Crippen LogP contribution >= 0.6 is 0 Å². The van der Waals surface area contributed by atoms with E-state index in [1.54, 1.807) is 12.3 Å². The number of carboxylic acids is 2. The second kappa shape index (κ2) is 8.77. The number of rotatable bonds is 6. The van der Waals surface area contributed by atoms with Crippen molar-refractivity contribution in [1.29, 1.82) is 0 Å². The molecule has 3 N–H and O–H groups in total. The summed E-state index contributed by atoms with van der Waals surface area (Å²) in [5.74, 6) is -1.48. The van der Waals surface area contributed by atoms with Crippen molar-refractivity contribution in [1.82, 2.24) is 15.0 Å². The zero-order valence-corrected chi connectivity index (χ0v) is 19.0. The monoisotopic (exact) mass is 504 g/mol. The third-order valence-corrected chi connectivity index (χ3v) is 6.95. The molecule has 190 valence electrons. The molecule has 5 rings (SSSR count). The molecule has 3 aromatic rings. The molecular formula is C24H23F3N4O5. The number of ether oxygens (including phenoxy) is 1. The number of anilines is 1. The van der Waals surface area contributed by atoms with Crippen LogP contribution in [-0.2, 0) is 20.5 Å². The quantitative estimate of drug-likeness (QED) is 0.431. The maximum absolute atomic E-state index is 13.0. The van der Waals surface area contributed by atoms with E-state index < -0.39 is 29.1 Å². The zero-order chi connectivity index (χ0) is 25.7. The van der Waals surface area contributed by atoms with E-state index in [0.717, 1.165) is 18.0 Å². The molecule has 9 nitrogen and oxygen atoms in total. The number of imidazole rings is 1. The molecule has 2 aromatic heterocycles. The van der Waals surface area contributed by atoms with Crippen LogP contribution in [-0.4, -0.2) is 62.4 Å². The summed E-state index contributed by atoms with van der Waals surface area (Å²) in [6, 6.07) is 7.00. The predicted molar refractivity (Wildman–Crippen MR) is 121 cm³/mol. The molecule has 0 spiro atoms. The van der Waals surface area contributed by atoms with Crippen LogP contribution in [0.2, 0.25) is 0 Å². The van der Waals surface area contributed by atoms with E-state index in [1.165, 1.54) is 6.07 Å². The average molecular weight is 504 g/mol. The van der Waals surface area contributed by atoms with Crippen molar-refractivity contribution in [3.05, 3.63) is 42.1 Å². The molecule has 1 aliphatic carbocycles. The molecule has 1 aromatic carbocycles. The Balaban J connectivity index is 1.18. The number of aromatic nitrogens is 3. The third-order valence-electron chi connectivity index (χ3n) is 6.95. The minimum absolute atomic E-state index is 0.0276. The molecule has 1 aliphatic heterocycles. The minimum Gasteiger partial charge on any atom is -0.480 e. The Morgan fingerprint density at radius 3 is 2.33 bits per heavy atom. The third kappa shape index (κ3) is 4.36. The fourth-order valence-electron chi connectivity index (χ4n) is 4.78. The number of hydrogen-bond acceptors (Lipinski definition) is 6. The van der Waals surface area contributed by atoms with Crippen LogP contribution in [0.1, 0.15) is 31.2 Å². The van der Waals surface area contributed by atoms with E-state index in [2.05, 4.69) is 19.9 Å². The van der Waals surface area contributed by atoms with Crippen LogP contribution in [0.5, 0.6) is 0 Å². The number of alkyl halides is 3. The lowest BCUT2D eigenvalue weighted by molar-refractivity contribution is -0.189. The van der Waals surface area contributed by atoms with Gasteiger partial charge in [0.15, 0.2) is 5.41 Å². The first-order chi connectivity index (χ1) is 17.0. The molecule has 2 aliphatic rings. The van der Waals surface area contributed by atoms with E-state index in [4.69, 9.17) is 4.74 Å². The Morgan fingerprint density at radius 2 is 1.75 bits per heavy atom. The molecule has 1 saturated carbocycles. The smallest absolute Gasteiger partial charge is 0.416 e. The van der Waals surface area contributed by atoms with E-state index in [-0.39, 0.29) is 25.0 Å². The fraction of sp³-hybridized carbons (Fsp3) is 0.417. The van der Waals surface area contributed by atoms with Crippen molar-refractivity contribution < 1.29 is 37.7 Å². The highest BCUT2D eigenvalue weighted by atomic mass is 19.4. The average Bonchev–Trinajstić information content (AvgIpc) is 3.24. The lowest BCUT2D eigenvalue weighted by Crippen LogP contribution is -2.54. The second-order valence-corrected chi connectivity index (χ2v) is 9.27. The van der Waals surface area contributed by atoms with Crippen LogP contribution in [0, 0.1) is 5.41 Å². The number of carbonyl (C=O) groups is 2. The van der Waals surface area contributed by atoms with Crippen molar-refractivity contribution in [3.63, 3.8) is 0 Å². The number of piperidine rings is 1. The second-order valence-electron chi connectivity index (χ2n) is 9.27. The van der Waals surface area contributed by atoms with E-state index >= 15 is 0 Å². The van der Waals surface area contributed by atoms with Crippen LogP contribution in [0.15, 0.2) is 36.5 Å². The highest BCUT2D eigenvalue weighted by Crippen LogP contribution is 2.44. The topological polar surface area (TPSA) is 129 Å². The number of hydrogen-bond donors (Lipinski definition) is 3. The van der Waals surface area contributed by atoms with Crippen molar-refractivity contribution in [2.24, 2.45) is 5.41 Å². The highest BCUT2D eigenvalue weighted by molar-refractivity contribution is 5.99. The largest absolute Gasteiger partial charge is 0.480 e. The summed E-state index contributed by atoms with van der Waals surface area (Å²) in [7, 11) is 0. The number of halogens is 3. The number of aromatic amines is 1. The summed E-state index contributed by atoms with van der Waals surface area (Å²) in [6.07, 6.45) is -1.94. The Hall–Kier alpha value is -3.67. The number of nitrogens with one attached hydrogen (secondary N) is 1. The van der Waals surface area contributed by atoms with Gasteiger partial charge in [0, 0.05) is 37.7 Å². The first-order valence-electron chi connectivity index (χ1n) is 11.5. The lowest BCUT2D eigenvalue weighted by atomic mass is 9.66. The van der Waals surface area contributed by atoms with Crippen molar-refractivity contribution in [2.45, 2.75) is 44.1 Å². The fourth-order valence-corrected chi connectivity index (χ4v) is 4.78. The van der Waals surface area contributed by atoms with Crippen LogP contribution < -0.4 is 4.90 Å². The van der Waals surface area contributed by atoms with Crippen molar-refractivity contribution in [2.75, 3.05) is 18.0 Å². The molecule has 36 heavy (non-hydrogen) atoms. The lowest BCUT2D eigenvalue weighted by Gasteiger charge is -2.43. The van der Waals surface area contributed by atoms with Gasteiger partial charge < -0.3 is 24.8 Å². The van der Waals surface area contributed by atoms with Gasteiger partial charge in [-0.2, -0.15) is 13.2 Å². The first kappa shape index (κ1) is 24.0. The Kier molecular flexibility index (Phi) is 5.86. The maximum atomic E-state index is 13.0. The number of benzene rings is 1. The Bertz CT molecular complexity index is 1280. The number of pyridine rings is 1. The van der Waals surface area contributed by atoms with Gasteiger partial charge in [0.2, 0.25) is 0 Å². The molecule has 0 amide bonds. The molecule has 2 fully saturated rings. The number of H-pyrrole nitrogens is 1. The number of carboxylic acid groups (broad SMARTS) is 2. The van der Waals surface area contributed by atoms with Gasteiger partial charge in [0.1, 0.15) is 11.6 Å². The summed E-state index contributed by atoms with van der Waals surface area (Å²) in [5, 5.41) is 18.4. The molecule has 0 atom stereocenters. The number of nitrogens with zero attached hydrogens (tertiary/aromatic N) is 3. The molecule has 12 heteroatoms. The summed E-state index contributed by atoms with van der Waals surface area (Å²) < 4.78 is 44.8. The van der Waals surface area contributed by atoms with Crippen molar-refractivity contribution >= 4 is 28.8 Å². The summed E-state index contributed by atoms with van der Waals surface area (Å²) in [6.45, 7) is 1.33. The normalized spacial score (nSPS) is 18.8. The van der Waals surface area contributed by atoms with Gasteiger partial charge in [-0.1, -0.05) is 0 Å². The SMILES string of the molecule is O=C(O)C1(C(=O)O)CC(OC2CCN(c3ccc(-c4nc5ccc(C(F)(F)F)cc5[nH]4)cn3)CC2)C1. The minimum atomic E-state index is -4.43. The van der Waals surface area contributed by atoms with Gasteiger partial charge in [0.05, 0.1) is 28.8 Å². The first-order valence-corrected chi connectivity index (χ1v) is 11.5. The molecule has 1 saturated heterocycles. The van der Waals surface area contributed by atoms with Gasteiger partial charge in [-0.25, -0.2) is 9.97 Å². The van der Waals surface area contributed by atoms with Crippen LogP contribution in [0.3, 0.4) is 0 Å². The van der Waals surface area contributed by atoms with Gasteiger partial charge in [0.25, 0.3) is 0 Å². The predicted octanol–water partition coefficient (Wildman–Crippen LogP) is 3.95. The van der Waals surface area contributed by atoms with Gasteiger partial charge in [-0.15, -0.1) is 0 Å². The van der Waals surface area contributed by atoms with Gasteiger partial charge in [-0.05, 0) is 43.2 Å². The van der Waals surface area contributed by atoms with Crippen LogP contribution in [0.4, 0.5) is 19.0 Å². The number of fused-ring (bicyclic) bond motifs is 1. The van der Waals surface area contributed by atoms with Gasteiger partial charge >= 0.3 is 18.1 Å². The highest BCUT2D eigenvalue weighted by Gasteiger charge is 2.57. The number of aliphatic carboxylic acids is 2. The zero-order valence-electron chi connectivity index (χ0n) is 19.0. The molecule has 3 heterocycles. The Morgan fingerprint density at radius 1 is 1.06 bits per heavy atom. The molecule has 0 radical (unpaired) electrons. The maximum Gasteiger partial charge on any atom is 0.416 e. The summed E-state index contributed by atoms with van der Waals surface area (Å²) >= 11 is 0.